The van der Waals surface area contributed by atoms with Crippen LogP contribution in [0.3, 0.4) is 0 Å². The van der Waals surface area contributed by atoms with E-state index in [0.717, 1.165) is 34.7 Å². The highest BCUT2D eigenvalue weighted by atomic mass is 16.6. The standard InChI is InChI=1S/C28H31NO4/c1-18-9-8-10-20(15-18)25-24(27(31)33-14-13-32-21-11-6-5-7-12-21)19(2)29-22-16-28(3,4)17-23(30)26(22)25/h5-12,15,25,29H,13-14,16-17H2,1-4H3/t25-/m1/s1. The Labute approximate surface area is 195 Å². The highest BCUT2D eigenvalue weighted by molar-refractivity contribution is 6.04. The van der Waals surface area contributed by atoms with Crippen molar-refractivity contribution in [3.63, 3.8) is 0 Å². The van der Waals surface area contributed by atoms with Crippen LogP contribution >= 0.6 is 0 Å². The minimum atomic E-state index is -0.438. The van der Waals surface area contributed by atoms with E-state index in [0.29, 0.717) is 17.6 Å². The van der Waals surface area contributed by atoms with Crippen molar-refractivity contribution in [2.45, 2.75) is 46.5 Å². The Morgan fingerprint density at radius 1 is 1.03 bits per heavy atom. The van der Waals surface area contributed by atoms with E-state index < -0.39 is 11.9 Å². The summed E-state index contributed by atoms with van der Waals surface area (Å²) in [5.74, 6) is -0.0451. The second-order valence-electron chi connectivity index (χ2n) is 9.64. The van der Waals surface area contributed by atoms with Crippen LogP contribution in [0.1, 0.15) is 50.7 Å². The van der Waals surface area contributed by atoms with Gasteiger partial charge in [0.05, 0.1) is 5.57 Å². The monoisotopic (exact) mass is 445 g/mol. The van der Waals surface area contributed by atoms with Crippen molar-refractivity contribution < 1.29 is 19.1 Å². The Balaban J connectivity index is 1.60. The summed E-state index contributed by atoms with van der Waals surface area (Å²) in [7, 11) is 0. The van der Waals surface area contributed by atoms with Crippen molar-refractivity contribution >= 4 is 11.8 Å². The molecule has 0 spiro atoms. The molecule has 0 unspecified atom stereocenters. The fraction of sp³-hybridized carbons (Fsp3) is 0.357. The van der Waals surface area contributed by atoms with Gasteiger partial charge in [-0.1, -0.05) is 61.9 Å². The zero-order valence-electron chi connectivity index (χ0n) is 19.7. The number of benzene rings is 2. The van der Waals surface area contributed by atoms with Gasteiger partial charge in [0.25, 0.3) is 0 Å². The number of Topliss-reactive ketones (excluding diaryl/α,β-unsaturated/α-hetero) is 1. The Morgan fingerprint density at radius 3 is 2.52 bits per heavy atom. The van der Waals surface area contributed by atoms with E-state index in [2.05, 4.69) is 19.2 Å². The molecule has 33 heavy (non-hydrogen) atoms. The van der Waals surface area contributed by atoms with E-state index in [-0.39, 0.29) is 24.4 Å². The maximum Gasteiger partial charge on any atom is 0.336 e. The highest BCUT2D eigenvalue weighted by Crippen LogP contribution is 2.46. The van der Waals surface area contributed by atoms with Gasteiger partial charge in [0.15, 0.2) is 5.78 Å². The Kier molecular flexibility index (Phi) is 6.41. The molecular formula is C28H31NO4. The van der Waals surface area contributed by atoms with Crippen molar-refractivity contribution in [3.05, 3.63) is 88.3 Å². The lowest BCUT2D eigenvalue weighted by Crippen LogP contribution is -2.38. The molecule has 0 saturated carbocycles. The molecule has 2 aromatic carbocycles. The number of para-hydroxylation sites is 1. The Morgan fingerprint density at radius 2 is 1.79 bits per heavy atom. The summed E-state index contributed by atoms with van der Waals surface area (Å²) in [4.78, 5) is 26.6. The number of aryl methyl sites for hydroxylation is 1. The summed E-state index contributed by atoms with van der Waals surface area (Å²) < 4.78 is 11.3. The van der Waals surface area contributed by atoms with Gasteiger partial charge in [0, 0.05) is 29.3 Å². The summed E-state index contributed by atoms with van der Waals surface area (Å²) in [5.41, 5.74) is 4.74. The molecule has 1 atom stereocenters. The third-order valence-electron chi connectivity index (χ3n) is 6.16. The van der Waals surface area contributed by atoms with Crippen LogP contribution < -0.4 is 10.1 Å². The van der Waals surface area contributed by atoms with Gasteiger partial charge in [-0.2, -0.15) is 0 Å². The first-order valence-electron chi connectivity index (χ1n) is 11.4. The molecule has 172 valence electrons. The minimum absolute atomic E-state index is 0.0884. The summed E-state index contributed by atoms with van der Waals surface area (Å²) in [5, 5.41) is 3.37. The van der Waals surface area contributed by atoms with Gasteiger partial charge in [0.2, 0.25) is 0 Å². The molecule has 0 aromatic heterocycles. The second kappa shape index (κ2) is 9.26. The van der Waals surface area contributed by atoms with Gasteiger partial charge in [-0.3, -0.25) is 4.79 Å². The first kappa shape index (κ1) is 22.8. The number of carbonyl (C=O) groups is 2. The van der Waals surface area contributed by atoms with Crippen LogP contribution in [0.25, 0.3) is 0 Å². The molecule has 1 heterocycles. The quantitative estimate of drug-likeness (QED) is 0.488. The molecule has 0 bridgehead atoms. The molecule has 5 heteroatoms. The first-order chi connectivity index (χ1) is 15.7. The summed E-state index contributed by atoms with van der Waals surface area (Å²) in [6, 6.07) is 17.4. The SMILES string of the molecule is CC1=C(C(=O)OCCOc2ccccc2)[C@@H](c2cccc(C)c2)C2=C(CC(C)(C)CC2=O)N1. The van der Waals surface area contributed by atoms with Crippen molar-refractivity contribution in [2.24, 2.45) is 5.41 Å². The van der Waals surface area contributed by atoms with E-state index >= 15 is 0 Å². The largest absolute Gasteiger partial charge is 0.490 e. The van der Waals surface area contributed by atoms with Gasteiger partial charge >= 0.3 is 5.97 Å². The molecule has 1 N–H and O–H groups in total. The zero-order chi connectivity index (χ0) is 23.6. The van der Waals surface area contributed by atoms with Gasteiger partial charge in [-0.15, -0.1) is 0 Å². The molecule has 1 aliphatic heterocycles. The first-order valence-corrected chi connectivity index (χ1v) is 11.4. The average Bonchev–Trinajstić information content (AvgIpc) is 2.75. The van der Waals surface area contributed by atoms with Crippen LogP contribution in [-0.4, -0.2) is 25.0 Å². The molecular weight excluding hydrogens is 414 g/mol. The van der Waals surface area contributed by atoms with E-state index in [1.165, 1.54) is 0 Å². The fourth-order valence-electron chi connectivity index (χ4n) is 4.78. The maximum atomic E-state index is 13.3. The molecule has 0 saturated heterocycles. The Hall–Kier alpha value is -3.34. The number of ether oxygens (including phenoxy) is 2. The van der Waals surface area contributed by atoms with Crippen molar-refractivity contribution in [1.29, 1.82) is 0 Å². The van der Waals surface area contributed by atoms with Gasteiger partial charge in [0.1, 0.15) is 19.0 Å². The topological polar surface area (TPSA) is 64.6 Å². The number of allylic oxidation sites excluding steroid dienone is 3. The third-order valence-corrected chi connectivity index (χ3v) is 6.16. The van der Waals surface area contributed by atoms with Crippen molar-refractivity contribution in [1.82, 2.24) is 5.32 Å². The fourth-order valence-corrected chi connectivity index (χ4v) is 4.78. The lowest BCUT2D eigenvalue weighted by molar-refractivity contribution is -0.140. The molecule has 1 aliphatic carbocycles. The lowest BCUT2D eigenvalue weighted by atomic mass is 9.68. The molecule has 0 amide bonds. The van der Waals surface area contributed by atoms with Gasteiger partial charge < -0.3 is 14.8 Å². The van der Waals surface area contributed by atoms with Crippen LogP contribution in [-0.2, 0) is 14.3 Å². The third kappa shape index (κ3) is 5.03. The number of rotatable bonds is 6. The predicted octanol–water partition coefficient (Wildman–Crippen LogP) is 5.22. The molecule has 4 rings (SSSR count). The second-order valence-corrected chi connectivity index (χ2v) is 9.64. The smallest absolute Gasteiger partial charge is 0.336 e. The molecule has 0 radical (unpaired) electrons. The Bertz CT molecular complexity index is 1130. The zero-order valence-corrected chi connectivity index (χ0v) is 19.7. The van der Waals surface area contributed by atoms with E-state index in [1.807, 2.05) is 68.4 Å². The molecule has 2 aromatic rings. The lowest BCUT2D eigenvalue weighted by Gasteiger charge is -2.39. The molecule has 5 nitrogen and oxygen atoms in total. The van der Waals surface area contributed by atoms with Crippen LogP contribution in [0.2, 0.25) is 0 Å². The highest BCUT2D eigenvalue weighted by Gasteiger charge is 2.43. The normalized spacial score (nSPS) is 19.6. The number of ketones is 1. The van der Waals surface area contributed by atoms with Crippen LogP contribution in [0.4, 0.5) is 0 Å². The number of hydrogen-bond donors (Lipinski definition) is 1. The summed E-state index contributed by atoms with van der Waals surface area (Å²) in [6.45, 7) is 8.49. The summed E-state index contributed by atoms with van der Waals surface area (Å²) >= 11 is 0. The van der Waals surface area contributed by atoms with E-state index in [1.54, 1.807) is 0 Å². The number of nitrogens with one attached hydrogen (secondary N) is 1. The van der Waals surface area contributed by atoms with Crippen LogP contribution in [0.5, 0.6) is 5.75 Å². The van der Waals surface area contributed by atoms with Crippen LogP contribution in [0, 0.1) is 12.3 Å². The van der Waals surface area contributed by atoms with E-state index in [9.17, 15) is 9.59 Å². The average molecular weight is 446 g/mol. The van der Waals surface area contributed by atoms with Gasteiger partial charge in [-0.05, 0) is 43.4 Å². The predicted molar refractivity (Wildman–Crippen MR) is 128 cm³/mol. The van der Waals surface area contributed by atoms with Crippen molar-refractivity contribution in [2.75, 3.05) is 13.2 Å². The van der Waals surface area contributed by atoms with Gasteiger partial charge in [-0.25, -0.2) is 4.79 Å². The van der Waals surface area contributed by atoms with E-state index in [4.69, 9.17) is 9.47 Å². The number of hydrogen-bond acceptors (Lipinski definition) is 5. The van der Waals surface area contributed by atoms with Crippen molar-refractivity contribution in [3.8, 4) is 5.75 Å². The van der Waals surface area contributed by atoms with Crippen LogP contribution in [0.15, 0.2) is 77.1 Å². The minimum Gasteiger partial charge on any atom is -0.490 e. The number of dihydropyridines is 1. The maximum absolute atomic E-state index is 13.3. The summed E-state index contributed by atoms with van der Waals surface area (Å²) in [6.07, 6.45) is 1.23. The molecule has 2 aliphatic rings. The molecule has 0 fully saturated rings. The number of esters is 1. The number of carbonyl (C=O) groups excluding carboxylic acids is 2.